The highest BCUT2D eigenvalue weighted by atomic mass is 32.1. The van der Waals surface area contributed by atoms with Gasteiger partial charge in [0.2, 0.25) is 5.13 Å². The predicted octanol–water partition coefficient (Wildman–Crippen LogP) is 2.88. The van der Waals surface area contributed by atoms with E-state index >= 15 is 0 Å². The second kappa shape index (κ2) is 6.89. The molecule has 1 saturated heterocycles. The van der Waals surface area contributed by atoms with Crippen LogP contribution < -0.4 is 5.32 Å². The first-order chi connectivity index (χ1) is 12.2. The summed E-state index contributed by atoms with van der Waals surface area (Å²) < 4.78 is 7.38. The molecule has 1 amide bonds. The number of nitrogens with one attached hydrogen (secondary N) is 1. The summed E-state index contributed by atoms with van der Waals surface area (Å²) in [7, 11) is 0. The van der Waals surface area contributed by atoms with Crippen LogP contribution >= 0.6 is 11.3 Å². The van der Waals surface area contributed by atoms with Crippen LogP contribution in [0.3, 0.4) is 0 Å². The monoisotopic (exact) mass is 357 g/mol. The fourth-order valence-electron chi connectivity index (χ4n) is 3.11. The van der Waals surface area contributed by atoms with Crippen molar-refractivity contribution in [2.45, 2.75) is 26.3 Å². The lowest BCUT2D eigenvalue weighted by Gasteiger charge is -2.22. The van der Waals surface area contributed by atoms with Crippen molar-refractivity contribution in [1.82, 2.24) is 20.0 Å². The summed E-state index contributed by atoms with van der Waals surface area (Å²) in [5.41, 5.74) is 1.41. The Bertz CT molecular complexity index is 897. The molecule has 2 aromatic heterocycles. The fraction of sp³-hybridized carbons (Fsp3) is 0.412. The maximum absolute atomic E-state index is 12.7. The molecular weight excluding hydrogens is 338 g/mol. The Morgan fingerprint density at radius 3 is 2.88 bits per heavy atom. The second-order valence-corrected chi connectivity index (χ2v) is 7.37. The van der Waals surface area contributed by atoms with Gasteiger partial charge in [-0.3, -0.25) is 14.8 Å². The molecule has 0 spiro atoms. The van der Waals surface area contributed by atoms with E-state index in [4.69, 9.17) is 4.74 Å². The largest absolute Gasteiger partial charge is 0.381 e. The highest BCUT2D eigenvalue weighted by Crippen LogP contribution is 2.24. The van der Waals surface area contributed by atoms with Gasteiger partial charge in [-0.05, 0) is 31.7 Å². The van der Waals surface area contributed by atoms with Gasteiger partial charge < -0.3 is 4.74 Å². The molecular formula is C17H19N5O2S. The molecule has 0 radical (unpaired) electrons. The number of para-hydroxylation sites is 1. The average Bonchev–Trinajstić information content (AvgIpc) is 3.20. The van der Waals surface area contributed by atoms with E-state index in [9.17, 15) is 4.79 Å². The van der Waals surface area contributed by atoms with E-state index in [1.165, 1.54) is 11.3 Å². The minimum Gasteiger partial charge on any atom is -0.381 e. The van der Waals surface area contributed by atoms with Crippen molar-refractivity contribution >= 4 is 33.3 Å². The number of aryl methyl sites for hydroxylation is 1. The highest BCUT2D eigenvalue weighted by molar-refractivity contribution is 7.15. The molecule has 0 unspecified atom stereocenters. The molecule has 1 fully saturated rings. The summed E-state index contributed by atoms with van der Waals surface area (Å²) in [5, 5.41) is 17.4. The minimum atomic E-state index is -0.252. The average molecular weight is 357 g/mol. The predicted molar refractivity (Wildman–Crippen MR) is 95.9 cm³/mol. The maximum Gasteiger partial charge on any atom is 0.278 e. The molecule has 0 bridgehead atoms. The Morgan fingerprint density at radius 2 is 2.12 bits per heavy atom. The Labute approximate surface area is 149 Å². The lowest BCUT2D eigenvalue weighted by molar-refractivity contribution is 0.0605. The van der Waals surface area contributed by atoms with Gasteiger partial charge in [-0.1, -0.05) is 29.5 Å². The van der Waals surface area contributed by atoms with Crippen LogP contribution in [0, 0.1) is 12.8 Å². The normalized spacial score (nSPS) is 15.6. The number of carbonyl (C=O) groups is 1. The number of benzene rings is 1. The Morgan fingerprint density at radius 1 is 1.32 bits per heavy atom. The smallest absolute Gasteiger partial charge is 0.278 e. The van der Waals surface area contributed by atoms with E-state index in [1.807, 2.05) is 35.9 Å². The van der Waals surface area contributed by atoms with Gasteiger partial charge in [0.1, 0.15) is 5.01 Å². The molecule has 130 valence electrons. The molecule has 0 saturated carbocycles. The summed E-state index contributed by atoms with van der Waals surface area (Å²) in [5.74, 6) is 0.275. The number of anilines is 1. The van der Waals surface area contributed by atoms with E-state index in [0.29, 0.717) is 16.7 Å². The number of hydrogen-bond donors (Lipinski definition) is 1. The Kier molecular flexibility index (Phi) is 4.46. The molecule has 0 aliphatic carbocycles. The third-order valence-corrected chi connectivity index (χ3v) is 5.15. The molecule has 3 aromatic rings. The van der Waals surface area contributed by atoms with Gasteiger partial charge in [0, 0.05) is 25.1 Å². The standard InChI is InChI=1S/C17H19N5O2S/c1-11-19-20-17(25-11)18-16(23)15-13-4-2-3-5-14(13)22(21-15)10-12-6-8-24-9-7-12/h2-5,12H,6-10H2,1H3,(H,18,20,23). The van der Waals surface area contributed by atoms with E-state index < -0.39 is 0 Å². The van der Waals surface area contributed by atoms with E-state index in [0.717, 1.165) is 48.5 Å². The lowest BCUT2D eigenvalue weighted by Crippen LogP contribution is -2.21. The van der Waals surface area contributed by atoms with Crippen molar-refractivity contribution in [2.75, 3.05) is 18.5 Å². The number of aromatic nitrogens is 4. The van der Waals surface area contributed by atoms with E-state index in [1.54, 1.807) is 0 Å². The molecule has 1 N–H and O–H groups in total. The minimum absolute atomic E-state index is 0.252. The summed E-state index contributed by atoms with van der Waals surface area (Å²) >= 11 is 1.35. The van der Waals surface area contributed by atoms with Gasteiger partial charge in [0.25, 0.3) is 5.91 Å². The van der Waals surface area contributed by atoms with Crippen LogP contribution in [-0.4, -0.2) is 39.1 Å². The van der Waals surface area contributed by atoms with Crippen LogP contribution in [0.4, 0.5) is 5.13 Å². The van der Waals surface area contributed by atoms with Gasteiger partial charge in [-0.2, -0.15) is 5.10 Å². The van der Waals surface area contributed by atoms with Crippen molar-refractivity contribution in [3.63, 3.8) is 0 Å². The summed E-state index contributed by atoms with van der Waals surface area (Å²) in [6.07, 6.45) is 2.06. The molecule has 8 heteroatoms. The number of fused-ring (bicyclic) bond motifs is 1. The molecule has 0 atom stereocenters. The first-order valence-electron chi connectivity index (χ1n) is 8.35. The highest BCUT2D eigenvalue weighted by Gasteiger charge is 2.21. The molecule has 3 heterocycles. The van der Waals surface area contributed by atoms with Gasteiger partial charge in [-0.15, -0.1) is 10.2 Å². The number of nitrogens with zero attached hydrogens (tertiary/aromatic N) is 4. The van der Waals surface area contributed by atoms with Crippen molar-refractivity contribution in [3.8, 4) is 0 Å². The van der Waals surface area contributed by atoms with Gasteiger partial charge >= 0.3 is 0 Å². The third kappa shape index (κ3) is 3.40. The zero-order chi connectivity index (χ0) is 17.2. The van der Waals surface area contributed by atoms with Crippen LogP contribution in [0.15, 0.2) is 24.3 Å². The molecule has 4 rings (SSSR count). The van der Waals surface area contributed by atoms with Crippen molar-refractivity contribution < 1.29 is 9.53 Å². The Balaban J connectivity index is 1.63. The molecule has 1 aliphatic heterocycles. The van der Waals surface area contributed by atoms with Crippen molar-refractivity contribution in [3.05, 3.63) is 35.0 Å². The Hall–Kier alpha value is -2.32. The molecule has 1 aliphatic rings. The van der Waals surface area contributed by atoms with Crippen LogP contribution in [0.5, 0.6) is 0 Å². The van der Waals surface area contributed by atoms with Gasteiger partial charge in [0.05, 0.1) is 5.52 Å². The quantitative estimate of drug-likeness (QED) is 0.776. The van der Waals surface area contributed by atoms with Crippen molar-refractivity contribution in [1.29, 1.82) is 0 Å². The molecule has 7 nitrogen and oxygen atoms in total. The van der Waals surface area contributed by atoms with Crippen molar-refractivity contribution in [2.24, 2.45) is 5.92 Å². The number of rotatable bonds is 4. The number of carbonyl (C=O) groups excluding carboxylic acids is 1. The topological polar surface area (TPSA) is 81.9 Å². The first-order valence-corrected chi connectivity index (χ1v) is 9.17. The van der Waals surface area contributed by atoms with Crippen LogP contribution in [0.25, 0.3) is 10.9 Å². The number of hydrogen-bond acceptors (Lipinski definition) is 6. The van der Waals surface area contributed by atoms with Crippen LogP contribution in [0.2, 0.25) is 0 Å². The summed E-state index contributed by atoms with van der Waals surface area (Å²) in [6.45, 7) is 4.25. The zero-order valence-corrected chi connectivity index (χ0v) is 14.8. The molecule has 1 aromatic carbocycles. The number of ether oxygens (including phenoxy) is 1. The van der Waals surface area contributed by atoms with E-state index in [2.05, 4.69) is 20.6 Å². The van der Waals surface area contributed by atoms with Gasteiger partial charge in [-0.25, -0.2) is 0 Å². The fourth-order valence-corrected chi connectivity index (χ4v) is 3.70. The SMILES string of the molecule is Cc1nnc(NC(=O)c2nn(CC3CCOCC3)c3ccccc23)s1. The van der Waals surface area contributed by atoms with Crippen LogP contribution in [-0.2, 0) is 11.3 Å². The third-order valence-electron chi connectivity index (χ3n) is 4.39. The lowest BCUT2D eigenvalue weighted by atomic mass is 10.0. The number of amides is 1. The van der Waals surface area contributed by atoms with Crippen LogP contribution in [0.1, 0.15) is 28.3 Å². The second-order valence-electron chi connectivity index (χ2n) is 6.18. The van der Waals surface area contributed by atoms with Gasteiger partial charge in [0.15, 0.2) is 5.69 Å². The zero-order valence-electron chi connectivity index (χ0n) is 13.9. The first kappa shape index (κ1) is 16.2. The summed E-state index contributed by atoms with van der Waals surface area (Å²) in [6, 6.07) is 7.84. The summed E-state index contributed by atoms with van der Waals surface area (Å²) in [4.78, 5) is 12.7. The molecule has 25 heavy (non-hydrogen) atoms. The maximum atomic E-state index is 12.7. The van der Waals surface area contributed by atoms with E-state index in [-0.39, 0.29) is 5.91 Å².